The van der Waals surface area contributed by atoms with Crippen molar-refractivity contribution < 1.29 is 13.2 Å². The summed E-state index contributed by atoms with van der Waals surface area (Å²) in [5.74, 6) is -0.0165. The Morgan fingerprint density at radius 2 is 1.79 bits per heavy atom. The smallest absolute Gasteiger partial charge is 0.240 e. The molecule has 0 atom stereocenters. The maximum absolute atomic E-state index is 12.4. The van der Waals surface area contributed by atoms with E-state index in [9.17, 15) is 13.2 Å². The number of nitrogens with zero attached hydrogens (tertiary/aromatic N) is 2. The first-order valence-electron chi connectivity index (χ1n) is 9.64. The quantitative estimate of drug-likeness (QED) is 0.662. The number of halogens is 1. The summed E-state index contributed by atoms with van der Waals surface area (Å²) < 4.78 is 27.8. The zero-order valence-electron chi connectivity index (χ0n) is 16.5. The van der Waals surface area contributed by atoms with Crippen LogP contribution in [-0.4, -0.2) is 56.8 Å². The minimum Gasteiger partial charge on any atom is -0.340 e. The number of benzene rings is 2. The van der Waals surface area contributed by atoms with Crippen LogP contribution in [0.15, 0.2) is 57.9 Å². The fourth-order valence-corrected chi connectivity index (χ4v) is 5.02. The van der Waals surface area contributed by atoms with Crippen LogP contribution in [0.1, 0.15) is 17.5 Å². The van der Waals surface area contributed by atoms with Gasteiger partial charge in [0.2, 0.25) is 15.9 Å². The van der Waals surface area contributed by atoms with Gasteiger partial charge in [0.05, 0.1) is 4.90 Å². The molecule has 156 valence electrons. The van der Waals surface area contributed by atoms with Gasteiger partial charge in [0, 0.05) is 50.2 Å². The van der Waals surface area contributed by atoms with Gasteiger partial charge in [0.15, 0.2) is 0 Å². The molecule has 2 aromatic rings. The molecule has 1 fully saturated rings. The molecule has 0 spiro atoms. The van der Waals surface area contributed by atoms with Gasteiger partial charge >= 0.3 is 0 Å². The highest BCUT2D eigenvalue weighted by Gasteiger charge is 2.22. The van der Waals surface area contributed by atoms with Crippen LogP contribution < -0.4 is 4.72 Å². The van der Waals surface area contributed by atoms with E-state index in [-0.39, 0.29) is 23.8 Å². The van der Waals surface area contributed by atoms with Crippen molar-refractivity contribution in [3.8, 4) is 0 Å². The molecule has 0 saturated carbocycles. The van der Waals surface area contributed by atoms with Gasteiger partial charge in [-0.2, -0.15) is 0 Å². The molecule has 3 rings (SSSR count). The van der Waals surface area contributed by atoms with Crippen LogP contribution in [0.5, 0.6) is 0 Å². The van der Waals surface area contributed by atoms with Gasteiger partial charge < -0.3 is 4.90 Å². The Bertz CT molecular complexity index is 957. The van der Waals surface area contributed by atoms with Gasteiger partial charge in [-0.15, -0.1) is 0 Å². The Morgan fingerprint density at radius 3 is 2.48 bits per heavy atom. The fourth-order valence-electron chi connectivity index (χ4n) is 3.39. The van der Waals surface area contributed by atoms with E-state index in [1.54, 1.807) is 12.1 Å². The molecule has 1 amide bonds. The van der Waals surface area contributed by atoms with Crippen molar-refractivity contribution in [2.45, 2.75) is 24.8 Å². The summed E-state index contributed by atoms with van der Waals surface area (Å²) in [6.45, 7) is 6.05. The van der Waals surface area contributed by atoms with E-state index in [2.05, 4.69) is 56.7 Å². The van der Waals surface area contributed by atoms with Gasteiger partial charge in [-0.1, -0.05) is 51.8 Å². The first-order chi connectivity index (χ1) is 13.8. The van der Waals surface area contributed by atoms with Gasteiger partial charge in [-0.3, -0.25) is 9.69 Å². The molecule has 0 aliphatic carbocycles. The largest absolute Gasteiger partial charge is 0.340 e. The molecule has 0 radical (unpaired) electrons. The van der Waals surface area contributed by atoms with Gasteiger partial charge in [0.1, 0.15) is 0 Å². The number of hydrogen-bond acceptors (Lipinski definition) is 4. The summed E-state index contributed by atoms with van der Waals surface area (Å²) in [5, 5.41) is 0. The molecule has 29 heavy (non-hydrogen) atoms. The van der Waals surface area contributed by atoms with Crippen LogP contribution in [0.2, 0.25) is 0 Å². The highest BCUT2D eigenvalue weighted by Crippen LogP contribution is 2.16. The minimum atomic E-state index is -3.62. The van der Waals surface area contributed by atoms with Crippen LogP contribution in [0.4, 0.5) is 0 Å². The number of sulfonamides is 1. The molecular weight excluding hydrogens is 454 g/mol. The average Bonchev–Trinajstić information content (AvgIpc) is 2.68. The maximum atomic E-state index is 12.4. The van der Waals surface area contributed by atoms with E-state index in [0.717, 1.165) is 19.6 Å². The van der Waals surface area contributed by atoms with Crippen LogP contribution in [0.3, 0.4) is 0 Å². The second-order valence-corrected chi connectivity index (χ2v) is 9.93. The molecule has 1 saturated heterocycles. The third-order valence-corrected chi connectivity index (χ3v) is 6.90. The second kappa shape index (κ2) is 9.84. The lowest BCUT2D eigenvalue weighted by molar-refractivity contribution is -0.132. The monoisotopic (exact) mass is 479 g/mol. The predicted molar refractivity (Wildman–Crippen MR) is 117 cm³/mol. The van der Waals surface area contributed by atoms with E-state index >= 15 is 0 Å². The lowest BCUT2D eigenvalue weighted by atomic mass is 10.1. The summed E-state index contributed by atoms with van der Waals surface area (Å²) in [6, 6.07) is 15.0. The van der Waals surface area contributed by atoms with Crippen molar-refractivity contribution in [1.29, 1.82) is 0 Å². The summed E-state index contributed by atoms with van der Waals surface area (Å²) in [4.78, 5) is 16.8. The third kappa shape index (κ3) is 6.37. The second-order valence-electron chi connectivity index (χ2n) is 7.25. The first-order valence-corrected chi connectivity index (χ1v) is 11.9. The molecule has 2 aromatic carbocycles. The molecule has 1 aliphatic rings. The van der Waals surface area contributed by atoms with Crippen molar-refractivity contribution in [2.24, 2.45) is 0 Å². The first kappa shape index (κ1) is 22.0. The Hall–Kier alpha value is -1.74. The number of rotatable bonds is 7. The maximum Gasteiger partial charge on any atom is 0.240 e. The Morgan fingerprint density at radius 1 is 1.07 bits per heavy atom. The zero-order valence-corrected chi connectivity index (χ0v) is 18.9. The van der Waals surface area contributed by atoms with Crippen molar-refractivity contribution >= 4 is 31.9 Å². The van der Waals surface area contributed by atoms with Crippen molar-refractivity contribution in [2.75, 3.05) is 32.7 Å². The van der Waals surface area contributed by atoms with E-state index in [1.807, 2.05) is 4.90 Å². The molecule has 0 unspecified atom stereocenters. The van der Waals surface area contributed by atoms with Crippen LogP contribution in [0, 0.1) is 6.92 Å². The Labute approximate surface area is 181 Å². The number of amides is 1. The molecule has 1 heterocycles. The lowest BCUT2D eigenvalue weighted by Gasteiger charge is -2.35. The Kier molecular flexibility index (Phi) is 7.45. The summed E-state index contributed by atoms with van der Waals surface area (Å²) in [7, 11) is -3.62. The third-order valence-electron chi connectivity index (χ3n) is 4.95. The summed E-state index contributed by atoms with van der Waals surface area (Å²) in [5.41, 5.74) is 2.54. The molecule has 0 bridgehead atoms. The molecule has 0 aromatic heterocycles. The number of nitrogens with one attached hydrogen (secondary N) is 1. The van der Waals surface area contributed by atoms with Gasteiger partial charge in [-0.25, -0.2) is 13.1 Å². The van der Waals surface area contributed by atoms with Gasteiger partial charge in [0.25, 0.3) is 0 Å². The lowest BCUT2D eigenvalue weighted by Crippen LogP contribution is -2.48. The topological polar surface area (TPSA) is 69.7 Å². The highest BCUT2D eigenvalue weighted by atomic mass is 79.9. The molecule has 6 nitrogen and oxygen atoms in total. The molecular formula is C21H26BrN3O3S. The average molecular weight is 480 g/mol. The van der Waals surface area contributed by atoms with Crippen molar-refractivity contribution in [3.05, 3.63) is 64.1 Å². The normalized spacial score (nSPS) is 15.4. The van der Waals surface area contributed by atoms with Crippen LogP contribution in [-0.2, 0) is 21.4 Å². The molecule has 1 aliphatic heterocycles. The number of carbonyl (C=O) groups is 1. The van der Waals surface area contributed by atoms with Crippen molar-refractivity contribution in [3.63, 3.8) is 0 Å². The summed E-state index contributed by atoms with van der Waals surface area (Å²) >= 11 is 3.27. The number of aryl methyl sites for hydroxylation is 1. The predicted octanol–water partition coefficient (Wildman–Crippen LogP) is 2.77. The summed E-state index contributed by atoms with van der Waals surface area (Å²) in [6.07, 6.45) is 0.158. The van der Waals surface area contributed by atoms with Crippen LogP contribution >= 0.6 is 15.9 Å². The zero-order chi connectivity index (χ0) is 20.9. The molecule has 1 N–H and O–H groups in total. The number of hydrogen-bond donors (Lipinski definition) is 1. The highest BCUT2D eigenvalue weighted by molar-refractivity contribution is 9.10. The van der Waals surface area contributed by atoms with E-state index in [0.29, 0.717) is 17.6 Å². The minimum absolute atomic E-state index is 0.0165. The van der Waals surface area contributed by atoms with Crippen LogP contribution in [0.25, 0.3) is 0 Å². The van der Waals surface area contributed by atoms with Crippen molar-refractivity contribution in [1.82, 2.24) is 14.5 Å². The van der Waals surface area contributed by atoms with E-state index in [4.69, 9.17) is 0 Å². The standard InChI is InChI=1S/C21H26BrN3O3S/c1-17-4-2-5-18(14-17)16-24-10-12-25(13-11-24)21(26)8-9-23-29(27,28)20-7-3-6-19(22)15-20/h2-7,14-15,23H,8-13,16H2,1H3. The van der Waals surface area contributed by atoms with Gasteiger partial charge in [-0.05, 0) is 30.7 Å². The number of piperazine rings is 1. The Balaban J connectivity index is 1.43. The van der Waals surface area contributed by atoms with E-state index in [1.165, 1.54) is 23.3 Å². The fraction of sp³-hybridized carbons (Fsp3) is 0.381. The molecule has 8 heteroatoms. The SMILES string of the molecule is Cc1cccc(CN2CCN(C(=O)CCNS(=O)(=O)c3cccc(Br)c3)CC2)c1. The number of carbonyl (C=O) groups excluding carboxylic acids is 1. The van der Waals surface area contributed by atoms with E-state index < -0.39 is 10.0 Å².